The van der Waals surface area contributed by atoms with Gasteiger partial charge in [-0.2, -0.15) is 0 Å². The van der Waals surface area contributed by atoms with Crippen molar-refractivity contribution in [3.05, 3.63) is 0 Å². The third-order valence-corrected chi connectivity index (χ3v) is 17.7. The quantitative estimate of drug-likeness (QED) is 0.0743. The predicted molar refractivity (Wildman–Crippen MR) is 173 cm³/mol. The van der Waals surface area contributed by atoms with Gasteiger partial charge in [0, 0.05) is 33.9 Å². The van der Waals surface area contributed by atoms with Gasteiger partial charge in [0.2, 0.25) is 8.32 Å². The van der Waals surface area contributed by atoms with Gasteiger partial charge >= 0.3 is 14.8 Å². The smallest absolute Gasteiger partial charge is 0.479 e. The Kier molecular flexibility index (Phi) is 22.1. The van der Waals surface area contributed by atoms with Crippen LogP contribution in [0.4, 0.5) is 0 Å². The van der Waals surface area contributed by atoms with Crippen LogP contribution < -0.4 is 0 Å². The number of carboxylic acid groups (broad SMARTS) is 1. The summed E-state index contributed by atoms with van der Waals surface area (Å²) in [5.74, 6) is -0.850. The summed E-state index contributed by atoms with van der Waals surface area (Å²) in [5, 5.41) is 10.3. The Labute approximate surface area is 250 Å². The topological polar surface area (TPSA) is 77.5 Å². The highest BCUT2D eigenvalue weighted by Gasteiger charge is 2.48. The monoisotopic (exact) mass is 605 g/mol. The largest absolute Gasteiger partial charge is 0.500 e. The molecule has 0 aromatic heterocycles. The fraction of sp³-hybridized carbons (Fsp3) is 0.968. The lowest BCUT2D eigenvalue weighted by atomic mass is 10.1. The summed E-state index contributed by atoms with van der Waals surface area (Å²) in [5.41, 5.74) is 1.02. The zero-order chi connectivity index (χ0) is 30.6. The van der Waals surface area contributed by atoms with Crippen molar-refractivity contribution < 1.29 is 27.6 Å². The molecule has 0 saturated carbocycles. The number of hydrogen-bond acceptors (Lipinski definition) is 6. The van der Waals surface area contributed by atoms with Crippen molar-refractivity contribution in [1.82, 2.24) is 4.90 Å². The Morgan fingerprint density at radius 3 is 1.45 bits per heavy atom. The molecular weight excluding hydrogens is 539 g/mol. The Bertz CT molecular complexity index is 601. The molecule has 1 N–H and O–H groups in total. The highest BCUT2D eigenvalue weighted by molar-refractivity contribution is 6.77. The molecule has 0 radical (unpaired) electrons. The molecule has 1 atom stereocenters. The normalized spacial score (nSPS) is 13.8. The Morgan fingerprint density at radius 1 is 0.675 bits per heavy atom. The van der Waals surface area contributed by atoms with Crippen LogP contribution in [0, 0.1) is 0 Å². The Balaban J connectivity index is 5.23. The van der Waals surface area contributed by atoms with Gasteiger partial charge in [-0.3, -0.25) is 0 Å². The molecule has 0 bridgehead atoms. The van der Waals surface area contributed by atoms with E-state index in [1.165, 1.54) is 64.2 Å². The van der Waals surface area contributed by atoms with Crippen molar-refractivity contribution in [3.63, 3.8) is 0 Å². The fourth-order valence-corrected chi connectivity index (χ4v) is 13.6. The van der Waals surface area contributed by atoms with Crippen molar-refractivity contribution in [2.45, 2.75) is 154 Å². The van der Waals surface area contributed by atoms with Crippen LogP contribution in [-0.2, 0) is 22.5 Å². The minimum atomic E-state index is -2.66. The van der Waals surface area contributed by atoms with Gasteiger partial charge in [0.15, 0.2) is 6.10 Å². The van der Waals surface area contributed by atoms with E-state index in [0.717, 1.165) is 25.9 Å². The van der Waals surface area contributed by atoms with E-state index < -0.39 is 29.2 Å². The fourth-order valence-electron chi connectivity index (χ4n) is 6.42. The highest BCUT2D eigenvalue weighted by atomic mass is 28.4. The van der Waals surface area contributed by atoms with Crippen LogP contribution in [0.25, 0.3) is 0 Å². The van der Waals surface area contributed by atoms with E-state index in [9.17, 15) is 9.90 Å². The average Bonchev–Trinajstić information content (AvgIpc) is 2.91. The second kappa shape index (κ2) is 22.3. The summed E-state index contributed by atoms with van der Waals surface area (Å²) in [6, 6.07) is 0.701. The molecule has 0 aromatic rings. The predicted octanol–water partition coefficient (Wildman–Crippen LogP) is 8.51. The number of carboxylic acids is 1. The zero-order valence-corrected chi connectivity index (χ0v) is 30.1. The summed E-state index contributed by atoms with van der Waals surface area (Å²) in [6.07, 6.45) is 14.3. The van der Waals surface area contributed by atoms with Crippen molar-refractivity contribution >= 4 is 23.1 Å². The van der Waals surface area contributed by atoms with E-state index in [1.54, 1.807) is 21.3 Å². The van der Waals surface area contributed by atoms with E-state index >= 15 is 0 Å². The van der Waals surface area contributed by atoms with Gasteiger partial charge in [0.05, 0.1) is 0 Å². The van der Waals surface area contributed by atoms with E-state index in [-0.39, 0.29) is 0 Å². The standard InChI is InChI=1S/C31H67NO6Si2/c1-11-12-13-14-15-16-17-18-19-20-21-23-32(24-22-25-39(35-8,36-9)37-10)26-30(31(33)34)38-40(27(2)3,28(4)5)29(6)7/h27-30H,11-26H2,1-10H3,(H,33,34). The molecule has 9 heteroatoms. The van der Waals surface area contributed by atoms with Gasteiger partial charge in [-0.15, -0.1) is 0 Å². The van der Waals surface area contributed by atoms with Gasteiger partial charge in [0.1, 0.15) is 0 Å². The summed E-state index contributed by atoms with van der Waals surface area (Å²) in [7, 11) is -0.0615. The van der Waals surface area contributed by atoms with E-state index in [0.29, 0.717) is 29.2 Å². The number of nitrogens with zero attached hydrogens (tertiary/aromatic N) is 1. The average molecular weight is 606 g/mol. The molecule has 40 heavy (non-hydrogen) atoms. The Morgan fingerprint density at radius 2 is 1.07 bits per heavy atom. The molecule has 0 aliphatic carbocycles. The molecule has 240 valence electrons. The van der Waals surface area contributed by atoms with E-state index in [4.69, 9.17) is 17.7 Å². The second-order valence-corrected chi connectivity index (χ2v) is 21.0. The van der Waals surface area contributed by atoms with Gasteiger partial charge in [0.25, 0.3) is 0 Å². The minimum absolute atomic E-state index is 0.339. The molecule has 7 nitrogen and oxygen atoms in total. The lowest BCUT2D eigenvalue weighted by molar-refractivity contribution is -0.146. The SMILES string of the molecule is CCCCCCCCCCCCCN(CCC[Si](OC)(OC)OC)CC(O[Si](C(C)C)(C(C)C)C(C)C)C(=O)O. The first-order valence-corrected chi connectivity index (χ1v) is 20.3. The number of hydrogen-bond donors (Lipinski definition) is 1. The maximum absolute atomic E-state index is 12.5. The summed E-state index contributed by atoms with van der Waals surface area (Å²) in [6.45, 7) is 17.6. The highest BCUT2D eigenvalue weighted by Crippen LogP contribution is 2.43. The molecule has 0 fully saturated rings. The van der Waals surface area contributed by atoms with Gasteiger partial charge < -0.3 is 27.7 Å². The van der Waals surface area contributed by atoms with Gasteiger partial charge in [-0.05, 0) is 42.6 Å². The van der Waals surface area contributed by atoms with E-state index in [2.05, 4.69) is 53.4 Å². The number of carbonyl (C=O) groups is 1. The van der Waals surface area contributed by atoms with Gasteiger partial charge in [-0.25, -0.2) is 4.79 Å². The number of unbranched alkanes of at least 4 members (excludes halogenated alkanes) is 10. The van der Waals surface area contributed by atoms with Gasteiger partial charge in [-0.1, -0.05) is 113 Å². The first-order valence-electron chi connectivity index (χ1n) is 16.2. The molecule has 1 unspecified atom stereocenters. The maximum atomic E-state index is 12.5. The molecule has 0 rings (SSSR count). The molecule has 0 saturated heterocycles. The molecule has 0 aliphatic rings. The van der Waals surface area contributed by atoms with Crippen LogP contribution in [0.2, 0.25) is 22.7 Å². The Hall–Kier alpha value is -0.296. The van der Waals surface area contributed by atoms with Crippen molar-refractivity contribution in [1.29, 1.82) is 0 Å². The van der Waals surface area contributed by atoms with Crippen LogP contribution in [0.1, 0.15) is 126 Å². The third kappa shape index (κ3) is 14.2. The number of aliphatic carboxylic acids is 1. The first-order chi connectivity index (χ1) is 19.0. The van der Waals surface area contributed by atoms with Crippen LogP contribution in [0.15, 0.2) is 0 Å². The van der Waals surface area contributed by atoms with Crippen molar-refractivity contribution in [3.8, 4) is 0 Å². The summed E-state index contributed by atoms with van der Waals surface area (Å²) < 4.78 is 23.6. The van der Waals surface area contributed by atoms with E-state index in [1.807, 2.05) is 0 Å². The van der Waals surface area contributed by atoms with Crippen LogP contribution >= 0.6 is 0 Å². The van der Waals surface area contributed by atoms with Crippen molar-refractivity contribution in [2.75, 3.05) is 41.0 Å². The zero-order valence-electron chi connectivity index (χ0n) is 28.1. The molecule has 0 aliphatic heterocycles. The van der Waals surface area contributed by atoms with Crippen LogP contribution in [-0.4, -0.2) is 80.2 Å². The van der Waals surface area contributed by atoms with Crippen LogP contribution in [0.5, 0.6) is 0 Å². The first kappa shape index (κ1) is 39.7. The molecule has 0 spiro atoms. The van der Waals surface area contributed by atoms with Crippen LogP contribution in [0.3, 0.4) is 0 Å². The maximum Gasteiger partial charge on any atom is 0.500 e. The lowest BCUT2D eigenvalue weighted by Gasteiger charge is -2.44. The third-order valence-electron chi connectivity index (χ3n) is 8.72. The van der Waals surface area contributed by atoms with Crippen molar-refractivity contribution in [2.24, 2.45) is 0 Å². The number of rotatable bonds is 27. The molecule has 0 heterocycles. The second-order valence-electron chi connectivity index (χ2n) is 12.5. The molecular formula is C31H67NO6Si2. The molecule has 0 aromatic carbocycles. The summed E-state index contributed by atoms with van der Waals surface area (Å²) in [4.78, 5) is 14.8. The lowest BCUT2D eigenvalue weighted by Crippen LogP contribution is -2.54. The minimum Gasteiger partial charge on any atom is -0.479 e. The summed E-state index contributed by atoms with van der Waals surface area (Å²) >= 11 is 0. The molecule has 0 amide bonds.